The third-order valence-corrected chi connectivity index (χ3v) is 3.49. The van der Waals surface area contributed by atoms with Gasteiger partial charge in [0.05, 0.1) is 5.56 Å². The fourth-order valence-corrected chi connectivity index (χ4v) is 2.34. The quantitative estimate of drug-likeness (QED) is 0.553. The summed E-state index contributed by atoms with van der Waals surface area (Å²) in [4.78, 5) is 23.7. The van der Waals surface area contributed by atoms with E-state index in [1.165, 1.54) is 48.5 Å². The van der Waals surface area contributed by atoms with E-state index in [4.69, 9.17) is 9.15 Å². The fraction of sp³-hybridized carbons (Fsp3) is 0.111. The van der Waals surface area contributed by atoms with Gasteiger partial charge in [0.2, 0.25) is 0 Å². The van der Waals surface area contributed by atoms with Crippen LogP contribution in [0.4, 0.5) is 8.78 Å². The number of carbonyl (C=O) groups is 1. The molecule has 0 radical (unpaired) electrons. The number of esters is 1. The second-order valence-corrected chi connectivity index (χ2v) is 5.25. The number of aromatic hydroxyl groups is 1. The number of benzene rings is 2. The van der Waals surface area contributed by atoms with E-state index < -0.39 is 18.2 Å². The first-order valence-corrected chi connectivity index (χ1v) is 7.40. The fourth-order valence-electron chi connectivity index (χ4n) is 2.34. The zero-order valence-electron chi connectivity index (χ0n) is 13.1. The minimum absolute atomic E-state index is 0.0686. The topological polar surface area (TPSA) is 86.0 Å². The van der Waals surface area contributed by atoms with Crippen LogP contribution < -0.4 is 10.4 Å². The summed E-state index contributed by atoms with van der Waals surface area (Å²) < 4.78 is 38.6. The molecule has 1 heterocycles. The maximum Gasteiger partial charge on any atom is 0.387 e. The second-order valence-electron chi connectivity index (χ2n) is 5.25. The highest BCUT2D eigenvalue weighted by Gasteiger charge is 2.12. The number of phenols is 1. The van der Waals surface area contributed by atoms with E-state index in [0.717, 1.165) is 0 Å². The Morgan fingerprint density at radius 3 is 2.54 bits per heavy atom. The molecule has 26 heavy (non-hydrogen) atoms. The molecular weight excluding hydrogens is 350 g/mol. The van der Waals surface area contributed by atoms with Gasteiger partial charge in [0, 0.05) is 23.1 Å². The van der Waals surface area contributed by atoms with Crippen molar-refractivity contribution in [1.29, 1.82) is 0 Å². The standard InChI is InChI=1S/C18H12F2O6/c19-18(20)25-13-4-1-10(2-5-13)17(23)24-9-11-7-16(22)26-15-8-12(21)3-6-14(11)15/h1-8,18,21H,9H2. The van der Waals surface area contributed by atoms with Crippen LogP contribution in [0.5, 0.6) is 11.5 Å². The number of fused-ring (bicyclic) bond motifs is 1. The zero-order chi connectivity index (χ0) is 18.7. The summed E-state index contributed by atoms with van der Waals surface area (Å²) in [6.45, 7) is -3.16. The molecule has 0 bridgehead atoms. The molecule has 6 nitrogen and oxygen atoms in total. The van der Waals surface area contributed by atoms with Gasteiger partial charge in [0.25, 0.3) is 0 Å². The van der Waals surface area contributed by atoms with E-state index in [0.29, 0.717) is 10.9 Å². The van der Waals surface area contributed by atoms with Crippen molar-refractivity contribution in [1.82, 2.24) is 0 Å². The Balaban J connectivity index is 1.75. The van der Waals surface area contributed by atoms with Crippen LogP contribution in [0, 0.1) is 0 Å². The Morgan fingerprint density at radius 1 is 1.12 bits per heavy atom. The molecule has 0 amide bonds. The smallest absolute Gasteiger partial charge is 0.387 e. The number of phenolic OH excluding ortho intramolecular Hbond substituents is 1. The van der Waals surface area contributed by atoms with Gasteiger partial charge in [-0.25, -0.2) is 9.59 Å². The summed E-state index contributed by atoms with van der Waals surface area (Å²) in [5, 5.41) is 9.96. The highest BCUT2D eigenvalue weighted by Crippen LogP contribution is 2.23. The lowest BCUT2D eigenvalue weighted by atomic mass is 10.1. The van der Waals surface area contributed by atoms with E-state index in [2.05, 4.69) is 4.74 Å². The van der Waals surface area contributed by atoms with Crippen LogP contribution >= 0.6 is 0 Å². The predicted molar refractivity (Wildman–Crippen MR) is 86.3 cm³/mol. The molecule has 0 spiro atoms. The second kappa shape index (κ2) is 7.22. The van der Waals surface area contributed by atoms with Crippen LogP contribution in [0.2, 0.25) is 0 Å². The van der Waals surface area contributed by atoms with Crippen molar-refractivity contribution in [3.05, 3.63) is 70.1 Å². The number of rotatable bonds is 5. The van der Waals surface area contributed by atoms with Crippen LogP contribution in [-0.4, -0.2) is 17.7 Å². The number of hydrogen-bond acceptors (Lipinski definition) is 6. The molecule has 0 aliphatic rings. The lowest BCUT2D eigenvalue weighted by Crippen LogP contribution is -2.08. The van der Waals surface area contributed by atoms with Gasteiger partial charge < -0.3 is 19.0 Å². The summed E-state index contributed by atoms with van der Waals surface area (Å²) >= 11 is 0. The minimum Gasteiger partial charge on any atom is -0.508 e. The van der Waals surface area contributed by atoms with E-state index in [1.54, 1.807) is 0 Å². The molecular formula is C18H12F2O6. The van der Waals surface area contributed by atoms with Crippen molar-refractivity contribution < 1.29 is 32.6 Å². The lowest BCUT2D eigenvalue weighted by Gasteiger charge is -2.08. The SMILES string of the molecule is O=C(OCc1cc(=O)oc2cc(O)ccc12)c1ccc(OC(F)F)cc1. The normalized spacial score (nSPS) is 10.9. The summed E-state index contributed by atoms with van der Waals surface area (Å²) in [5.41, 5.74) is 0.0542. The average molecular weight is 362 g/mol. The number of halogens is 2. The van der Waals surface area contributed by atoms with Gasteiger partial charge in [-0.3, -0.25) is 0 Å². The molecule has 2 aromatic carbocycles. The highest BCUT2D eigenvalue weighted by molar-refractivity contribution is 5.89. The first-order chi connectivity index (χ1) is 12.4. The number of alkyl halides is 2. The Labute approximate surface area is 145 Å². The molecule has 3 rings (SSSR count). The molecule has 0 aliphatic carbocycles. The number of carbonyl (C=O) groups excluding carboxylic acids is 1. The van der Waals surface area contributed by atoms with E-state index in [1.807, 2.05) is 0 Å². The van der Waals surface area contributed by atoms with Crippen molar-refractivity contribution >= 4 is 16.9 Å². The van der Waals surface area contributed by atoms with Crippen molar-refractivity contribution in [2.24, 2.45) is 0 Å². The Hall–Kier alpha value is -3.42. The van der Waals surface area contributed by atoms with Gasteiger partial charge >= 0.3 is 18.2 Å². The number of hydrogen-bond donors (Lipinski definition) is 1. The maximum absolute atomic E-state index is 12.1. The van der Waals surface area contributed by atoms with E-state index in [-0.39, 0.29) is 29.3 Å². The summed E-state index contributed by atoms with van der Waals surface area (Å²) in [6, 6.07) is 10.4. The molecule has 0 unspecified atom stereocenters. The van der Waals surface area contributed by atoms with Gasteiger partial charge in [-0.15, -0.1) is 0 Å². The molecule has 8 heteroatoms. The lowest BCUT2D eigenvalue weighted by molar-refractivity contribution is -0.0498. The van der Waals surface area contributed by atoms with Crippen molar-refractivity contribution in [3.8, 4) is 11.5 Å². The van der Waals surface area contributed by atoms with E-state index >= 15 is 0 Å². The molecule has 0 atom stereocenters. The molecule has 134 valence electrons. The van der Waals surface area contributed by atoms with Crippen molar-refractivity contribution in [3.63, 3.8) is 0 Å². The average Bonchev–Trinajstić information content (AvgIpc) is 2.59. The summed E-state index contributed by atoms with van der Waals surface area (Å²) in [5.74, 6) is -0.849. The van der Waals surface area contributed by atoms with Gasteiger partial charge in [0.15, 0.2) is 0 Å². The van der Waals surface area contributed by atoms with Crippen LogP contribution in [-0.2, 0) is 11.3 Å². The molecule has 3 aromatic rings. The van der Waals surface area contributed by atoms with Crippen LogP contribution in [0.15, 0.2) is 57.7 Å². The number of ether oxygens (including phenoxy) is 2. The first-order valence-electron chi connectivity index (χ1n) is 7.40. The van der Waals surface area contributed by atoms with Crippen LogP contribution in [0.1, 0.15) is 15.9 Å². The van der Waals surface area contributed by atoms with Crippen LogP contribution in [0.25, 0.3) is 11.0 Å². The van der Waals surface area contributed by atoms with Crippen LogP contribution in [0.3, 0.4) is 0 Å². The summed E-state index contributed by atoms with van der Waals surface area (Å²) in [6.07, 6.45) is 0. The Bertz CT molecular complexity index is 995. The van der Waals surface area contributed by atoms with Crippen molar-refractivity contribution in [2.75, 3.05) is 0 Å². The molecule has 0 fully saturated rings. The third-order valence-electron chi connectivity index (χ3n) is 3.49. The minimum atomic E-state index is -2.95. The molecule has 0 saturated heterocycles. The molecule has 1 aromatic heterocycles. The third kappa shape index (κ3) is 3.97. The van der Waals surface area contributed by atoms with Gasteiger partial charge in [-0.05, 0) is 36.4 Å². The Kier molecular flexibility index (Phi) is 4.83. The molecule has 0 saturated carbocycles. The molecule has 0 aliphatic heterocycles. The van der Waals surface area contributed by atoms with E-state index in [9.17, 15) is 23.5 Å². The van der Waals surface area contributed by atoms with Gasteiger partial charge in [0.1, 0.15) is 23.7 Å². The van der Waals surface area contributed by atoms with Gasteiger partial charge in [-0.1, -0.05) is 0 Å². The monoisotopic (exact) mass is 362 g/mol. The van der Waals surface area contributed by atoms with Gasteiger partial charge in [-0.2, -0.15) is 8.78 Å². The van der Waals surface area contributed by atoms with Crippen molar-refractivity contribution in [2.45, 2.75) is 13.2 Å². The highest BCUT2D eigenvalue weighted by atomic mass is 19.3. The predicted octanol–water partition coefficient (Wildman–Crippen LogP) is 3.46. The maximum atomic E-state index is 12.1. The Morgan fingerprint density at radius 2 is 1.85 bits per heavy atom. The summed E-state index contributed by atoms with van der Waals surface area (Å²) in [7, 11) is 0. The zero-order valence-corrected chi connectivity index (χ0v) is 13.1. The first kappa shape index (κ1) is 17.4. The molecule has 1 N–H and O–H groups in total. The largest absolute Gasteiger partial charge is 0.508 e.